The second-order valence-electron chi connectivity index (χ2n) is 9.89. The number of amides is 1. The van der Waals surface area contributed by atoms with E-state index in [4.69, 9.17) is 0 Å². The molecule has 0 aliphatic heterocycles. The standard InChI is InChI=1S/C31H48N2O/c1-2-3-4-5-6-7-8-9-10-11-12-13-14-15-20-25-30(34)33-32-28-31(26-21-17-22-27-31)29-23-18-16-19-24-29/h16-19,21-24,26,28H,2-15,20,25,27H2,1H3,(H,33,34). The number of allylic oxidation sites excluding steroid dienone is 4. The van der Waals surface area contributed by atoms with E-state index in [0.29, 0.717) is 6.42 Å². The third-order valence-electron chi connectivity index (χ3n) is 6.90. The monoisotopic (exact) mass is 464 g/mol. The van der Waals surface area contributed by atoms with E-state index in [1.54, 1.807) is 0 Å². The van der Waals surface area contributed by atoms with Gasteiger partial charge in [0, 0.05) is 12.6 Å². The summed E-state index contributed by atoms with van der Waals surface area (Å²) in [5, 5.41) is 4.32. The van der Waals surface area contributed by atoms with Crippen molar-refractivity contribution in [3.05, 3.63) is 60.2 Å². The molecule has 1 N–H and O–H groups in total. The molecule has 0 heterocycles. The molecule has 0 saturated heterocycles. The first-order valence-corrected chi connectivity index (χ1v) is 14.0. The number of nitrogens with one attached hydrogen (secondary N) is 1. The lowest BCUT2D eigenvalue weighted by atomic mass is 9.76. The molecule has 0 radical (unpaired) electrons. The first-order valence-electron chi connectivity index (χ1n) is 14.0. The van der Waals surface area contributed by atoms with E-state index in [9.17, 15) is 4.79 Å². The Bertz CT molecular complexity index is 737. The van der Waals surface area contributed by atoms with E-state index in [1.165, 1.54) is 89.0 Å². The fourth-order valence-corrected chi connectivity index (χ4v) is 4.70. The molecule has 0 spiro atoms. The zero-order valence-electron chi connectivity index (χ0n) is 21.6. The van der Waals surface area contributed by atoms with E-state index in [2.05, 4.69) is 53.9 Å². The van der Waals surface area contributed by atoms with Gasteiger partial charge in [0.05, 0.1) is 5.41 Å². The summed E-state index contributed by atoms with van der Waals surface area (Å²) in [6.07, 6.45) is 31.7. The molecule has 1 atom stereocenters. The molecule has 3 heteroatoms. The zero-order chi connectivity index (χ0) is 24.2. The molecule has 1 aromatic carbocycles. The normalized spacial score (nSPS) is 17.4. The van der Waals surface area contributed by atoms with Gasteiger partial charge in [-0.2, -0.15) is 5.10 Å². The van der Waals surface area contributed by atoms with E-state index in [1.807, 2.05) is 24.4 Å². The Morgan fingerprint density at radius 3 is 1.91 bits per heavy atom. The maximum absolute atomic E-state index is 12.2. The Morgan fingerprint density at radius 2 is 1.38 bits per heavy atom. The van der Waals surface area contributed by atoms with Gasteiger partial charge >= 0.3 is 0 Å². The molecule has 1 aliphatic rings. The second kappa shape index (κ2) is 18.2. The van der Waals surface area contributed by atoms with Crippen LogP contribution in [-0.4, -0.2) is 12.1 Å². The number of hydrogen-bond acceptors (Lipinski definition) is 2. The number of benzene rings is 1. The van der Waals surface area contributed by atoms with Gasteiger partial charge in [-0.05, 0) is 18.4 Å². The quantitative estimate of drug-likeness (QED) is 0.124. The maximum Gasteiger partial charge on any atom is 0.240 e. The second-order valence-corrected chi connectivity index (χ2v) is 9.89. The first-order chi connectivity index (χ1) is 16.8. The van der Waals surface area contributed by atoms with Crippen molar-refractivity contribution in [2.75, 3.05) is 0 Å². The lowest BCUT2D eigenvalue weighted by Gasteiger charge is -2.27. The van der Waals surface area contributed by atoms with Crippen LogP contribution in [0, 0.1) is 0 Å². The Labute approximate surface area is 209 Å². The molecular formula is C31H48N2O. The van der Waals surface area contributed by atoms with Crippen LogP contribution in [0.3, 0.4) is 0 Å². The first kappa shape index (κ1) is 28.1. The maximum atomic E-state index is 12.2. The lowest BCUT2D eigenvalue weighted by Crippen LogP contribution is -2.28. The van der Waals surface area contributed by atoms with Crippen molar-refractivity contribution in [3.63, 3.8) is 0 Å². The highest BCUT2D eigenvalue weighted by Gasteiger charge is 2.27. The van der Waals surface area contributed by atoms with Crippen molar-refractivity contribution in [3.8, 4) is 0 Å². The Hall–Kier alpha value is -2.16. The number of carbonyl (C=O) groups excluding carboxylic acids is 1. The molecular weight excluding hydrogens is 416 g/mol. The highest BCUT2D eigenvalue weighted by molar-refractivity contribution is 5.81. The summed E-state index contributed by atoms with van der Waals surface area (Å²) in [5.41, 5.74) is 3.66. The topological polar surface area (TPSA) is 41.5 Å². The number of hydrogen-bond donors (Lipinski definition) is 1. The number of rotatable bonds is 19. The van der Waals surface area contributed by atoms with Crippen LogP contribution in [0.25, 0.3) is 0 Å². The van der Waals surface area contributed by atoms with Crippen molar-refractivity contribution in [2.24, 2.45) is 5.10 Å². The molecule has 1 aromatic rings. The van der Waals surface area contributed by atoms with Crippen molar-refractivity contribution >= 4 is 12.1 Å². The molecule has 1 unspecified atom stereocenters. The van der Waals surface area contributed by atoms with E-state index in [-0.39, 0.29) is 11.3 Å². The van der Waals surface area contributed by atoms with E-state index >= 15 is 0 Å². The van der Waals surface area contributed by atoms with Crippen LogP contribution >= 0.6 is 0 Å². The molecule has 1 amide bonds. The highest BCUT2D eigenvalue weighted by Crippen LogP contribution is 2.30. The van der Waals surface area contributed by atoms with E-state index < -0.39 is 0 Å². The van der Waals surface area contributed by atoms with E-state index in [0.717, 1.165) is 19.3 Å². The predicted molar refractivity (Wildman–Crippen MR) is 147 cm³/mol. The van der Waals surface area contributed by atoms with Crippen LogP contribution in [0.15, 0.2) is 59.7 Å². The third-order valence-corrected chi connectivity index (χ3v) is 6.90. The van der Waals surface area contributed by atoms with Crippen molar-refractivity contribution in [1.82, 2.24) is 5.43 Å². The minimum Gasteiger partial charge on any atom is -0.273 e. The van der Waals surface area contributed by atoms with Crippen molar-refractivity contribution in [2.45, 2.75) is 121 Å². The highest BCUT2D eigenvalue weighted by atomic mass is 16.2. The van der Waals surface area contributed by atoms with Crippen LogP contribution in [0.1, 0.15) is 122 Å². The molecule has 3 nitrogen and oxygen atoms in total. The van der Waals surface area contributed by atoms with Gasteiger partial charge in [-0.3, -0.25) is 4.79 Å². The summed E-state index contributed by atoms with van der Waals surface area (Å²) >= 11 is 0. The van der Waals surface area contributed by atoms with Gasteiger partial charge in [0.1, 0.15) is 0 Å². The SMILES string of the molecule is CCCCCCCCCCCCCCCCCC(=O)NN=CC1(c2ccccc2)C=CC=CC1. The zero-order valence-corrected chi connectivity index (χ0v) is 21.6. The van der Waals surface area contributed by atoms with Gasteiger partial charge in [0.25, 0.3) is 0 Å². The predicted octanol–water partition coefficient (Wildman–Crippen LogP) is 8.80. The van der Waals surface area contributed by atoms with Crippen LogP contribution in [0.4, 0.5) is 0 Å². The molecule has 188 valence electrons. The van der Waals surface area contributed by atoms with Crippen LogP contribution in [0.5, 0.6) is 0 Å². The van der Waals surface area contributed by atoms with Gasteiger partial charge in [0.15, 0.2) is 0 Å². The Balaban J connectivity index is 1.47. The summed E-state index contributed by atoms with van der Waals surface area (Å²) in [7, 11) is 0. The smallest absolute Gasteiger partial charge is 0.240 e. The van der Waals surface area contributed by atoms with Crippen LogP contribution in [0.2, 0.25) is 0 Å². The fraction of sp³-hybridized carbons (Fsp3) is 0.613. The minimum absolute atomic E-state index is 0.0180. The summed E-state index contributed by atoms with van der Waals surface area (Å²) in [5.74, 6) is 0.0180. The Kier molecular flexibility index (Phi) is 15.0. The molecule has 0 aromatic heterocycles. The summed E-state index contributed by atoms with van der Waals surface area (Å²) in [4.78, 5) is 12.2. The van der Waals surface area contributed by atoms with Gasteiger partial charge in [-0.15, -0.1) is 0 Å². The van der Waals surface area contributed by atoms with Crippen LogP contribution < -0.4 is 5.43 Å². The van der Waals surface area contributed by atoms with Crippen molar-refractivity contribution in [1.29, 1.82) is 0 Å². The molecule has 0 saturated carbocycles. The molecule has 0 fully saturated rings. The third kappa shape index (κ3) is 11.8. The number of nitrogens with zero attached hydrogens (tertiary/aromatic N) is 1. The van der Waals surface area contributed by atoms with Crippen LogP contribution in [-0.2, 0) is 10.2 Å². The molecule has 34 heavy (non-hydrogen) atoms. The largest absolute Gasteiger partial charge is 0.273 e. The Morgan fingerprint density at radius 1 is 0.824 bits per heavy atom. The molecule has 2 rings (SSSR count). The average molecular weight is 465 g/mol. The van der Waals surface area contributed by atoms with Gasteiger partial charge in [-0.1, -0.05) is 151 Å². The van der Waals surface area contributed by atoms with Crippen molar-refractivity contribution < 1.29 is 4.79 Å². The molecule has 0 bridgehead atoms. The number of hydrazone groups is 1. The lowest BCUT2D eigenvalue weighted by molar-refractivity contribution is -0.121. The fourth-order valence-electron chi connectivity index (χ4n) is 4.70. The number of carbonyl (C=O) groups is 1. The van der Waals surface area contributed by atoms with Gasteiger partial charge in [-0.25, -0.2) is 5.43 Å². The minimum atomic E-state index is -0.280. The van der Waals surface area contributed by atoms with Gasteiger partial charge in [0.2, 0.25) is 5.91 Å². The molecule has 1 aliphatic carbocycles. The average Bonchev–Trinajstić information content (AvgIpc) is 2.87. The summed E-state index contributed by atoms with van der Waals surface area (Å²) < 4.78 is 0. The summed E-state index contributed by atoms with van der Waals surface area (Å²) in [6, 6.07) is 10.4. The van der Waals surface area contributed by atoms with Gasteiger partial charge < -0.3 is 0 Å². The number of unbranched alkanes of at least 4 members (excludes halogenated alkanes) is 14. The summed E-state index contributed by atoms with van der Waals surface area (Å²) in [6.45, 7) is 2.28.